The number of methoxy groups -OCH3 is 1. The number of hydrogen-bond donors (Lipinski definition) is 0. The lowest BCUT2D eigenvalue weighted by Gasteiger charge is -2.10. The van der Waals surface area contributed by atoms with Gasteiger partial charge >= 0.3 is 0 Å². The highest BCUT2D eigenvalue weighted by Gasteiger charge is 2.14. The van der Waals surface area contributed by atoms with Crippen molar-refractivity contribution >= 4 is 17.5 Å². The highest BCUT2D eigenvalue weighted by atomic mass is 32.2. The van der Waals surface area contributed by atoms with E-state index < -0.39 is 0 Å². The van der Waals surface area contributed by atoms with Gasteiger partial charge in [0.1, 0.15) is 12.1 Å². The van der Waals surface area contributed by atoms with E-state index in [1.807, 2.05) is 53.1 Å². The molecule has 0 aliphatic rings. The van der Waals surface area contributed by atoms with Crippen LogP contribution in [0.2, 0.25) is 0 Å². The molecule has 1 aromatic heterocycles. The van der Waals surface area contributed by atoms with Crippen LogP contribution in [0.5, 0.6) is 5.75 Å². The molecule has 0 saturated heterocycles. The molecule has 3 rings (SSSR count). The van der Waals surface area contributed by atoms with E-state index in [2.05, 4.69) is 24.0 Å². The van der Waals surface area contributed by atoms with Gasteiger partial charge in [-0.15, -0.1) is 10.2 Å². The Labute approximate surface area is 157 Å². The number of Topliss-reactive ketones (excluding diaryl/α,β-unsaturated/α-hetero) is 1. The van der Waals surface area contributed by atoms with Crippen molar-refractivity contribution in [3.8, 4) is 11.4 Å². The predicted molar refractivity (Wildman–Crippen MR) is 103 cm³/mol. The van der Waals surface area contributed by atoms with Gasteiger partial charge in [-0.05, 0) is 23.6 Å². The fraction of sp³-hybridized carbons (Fsp3) is 0.250. The lowest BCUT2D eigenvalue weighted by molar-refractivity contribution is 0.102. The second-order valence-electron chi connectivity index (χ2n) is 6.14. The smallest absolute Gasteiger partial charge is 0.196 e. The first-order chi connectivity index (χ1) is 12.6. The maximum Gasteiger partial charge on any atom is 0.196 e. The van der Waals surface area contributed by atoms with Crippen LogP contribution in [0.15, 0.2) is 60.0 Å². The lowest BCUT2D eigenvalue weighted by atomic mass is 10.0. The van der Waals surface area contributed by atoms with E-state index in [4.69, 9.17) is 4.74 Å². The highest BCUT2D eigenvalue weighted by molar-refractivity contribution is 7.99. The fourth-order valence-electron chi connectivity index (χ4n) is 2.58. The molecule has 5 nitrogen and oxygen atoms in total. The van der Waals surface area contributed by atoms with Gasteiger partial charge in [-0.3, -0.25) is 9.36 Å². The monoisotopic (exact) mass is 367 g/mol. The van der Waals surface area contributed by atoms with Gasteiger partial charge in [0.25, 0.3) is 0 Å². The number of carbonyl (C=O) groups is 1. The van der Waals surface area contributed by atoms with Crippen molar-refractivity contribution in [2.45, 2.75) is 24.9 Å². The van der Waals surface area contributed by atoms with Crippen LogP contribution in [-0.2, 0) is 0 Å². The van der Waals surface area contributed by atoms with Gasteiger partial charge in [0, 0.05) is 5.56 Å². The number of hydrogen-bond acceptors (Lipinski definition) is 5. The molecule has 0 spiro atoms. The predicted octanol–water partition coefficient (Wildman–Crippen LogP) is 4.37. The van der Waals surface area contributed by atoms with Crippen molar-refractivity contribution in [1.82, 2.24) is 14.8 Å². The van der Waals surface area contributed by atoms with Crippen LogP contribution in [0.25, 0.3) is 5.69 Å². The molecule has 0 fully saturated rings. The molecular formula is C20H21N3O2S. The summed E-state index contributed by atoms with van der Waals surface area (Å²) >= 11 is 1.37. The van der Waals surface area contributed by atoms with E-state index in [0.717, 1.165) is 11.4 Å². The number of thioether (sulfide) groups is 1. The Hall–Kier alpha value is -2.60. The molecule has 3 aromatic rings. The quantitative estimate of drug-likeness (QED) is 0.458. The summed E-state index contributed by atoms with van der Waals surface area (Å²) in [6.07, 6.45) is 1.63. The van der Waals surface area contributed by atoms with E-state index in [9.17, 15) is 4.79 Å². The van der Waals surface area contributed by atoms with Crippen LogP contribution in [-0.4, -0.2) is 33.4 Å². The average molecular weight is 367 g/mol. The van der Waals surface area contributed by atoms with Crippen molar-refractivity contribution in [2.75, 3.05) is 12.9 Å². The molecule has 2 aromatic carbocycles. The minimum absolute atomic E-state index is 0.0693. The fourth-order valence-corrected chi connectivity index (χ4v) is 3.40. The van der Waals surface area contributed by atoms with Crippen LogP contribution in [0.4, 0.5) is 0 Å². The van der Waals surface area contributed by atoms with Crippen molar-refractivity contribution in [1.29, 1.82) is 0 Å². The third kappa shape index (κ3) is 3.96. The zero-order chi connectivity index (χ0) is 18.5. The number of nitrogens with zero attached hydrogens (tertiary/aromatic N) is 3. The number of para-hydroxylation sites is 2. The average Bonchev–Trinajstić information content (AvgIpc) is 3.14. The van der Waals surface area contributed by atoms with E-state index in [1.165, 1.54) is 17.3 Å². The van der Waals surface area contributed by atoms with Gasteiger partial charge in [-0.1, -0.05) is 62.0 Å². The van der Waals surface area contributed by atoms with Gasteiger partial charge in [-0.25, -0.2) is 0 Å². The third-order valence-corrected chi connectivity index (χ3v) is 5.04. The third-order valence-electron chi connectivity index (χ3n) is 4.09. The standard InChI is InChI=1S/C20H21N3O2S/c1-14(2)15-8-10-16(11-9-15)18(24)12-26-20-22-21-13-23(20)17-6-4-5-7-19(17)25-3/h4-11,13-14H,12H2,1-3H3. The van der Waals surface area contributed by atoms with E-state index in [-0.39, 0.29) is 5.78 Å². The van der Waals surface area contributed by atoms with E-state index >= 15 is 0 Å². The van der Waals surface area contributed by atoms with Crippen molar-refractivity contribution in [3.05, 3.63) is 66.0 Å². The SMILES string of the molecule is COc1ccccc1-n1cnnc1SCC(=O)c1ccc(C(C)C)cc1. The summed E-state index contributed by atoms with van der Waals surface area (Å²) in [4.78, 5) is 12.5. The van der Waals surface area contributed by atoms with E-state index in [0.29, 0.717) is 22.4 Å². The first-order valence-corrected chi connectivity index (χ1v) is 9.38. The highest BCUT2D eigenvalue weighted by Crippen LogP contribution is 2.27. The Balaban J connectivity index is 1.73. The summed E-state index contributed by atoms with van der Waals surface area (Å²) in [5.41, 5.74) is 2.78. The molecular weight excluding hydrogens is 346 g/mol. The Morgan fingerprint density at radius 2 is 1.88 bits per heavy atom. The van der Waals surface area contributed by atoms with Crippen LogP contribution < -0.4 is 4.74 Å². The molecule has 0 aliphatic carbocycles. The number of ketones is 1. The molecule has 0 N–H and O–H groups in total. The van der Waals surface area contributed by atoms with E-state index in [1.54, 1.807) is 13.4 Å². The normalized spacial score (nSPS) is 10.9. The van der Waals surface area contributed by atoms with Gasteiger partial charge < -0.3 is 4.74 Å². The lowest BCUT2D eigenvalue weighted by Crippen LogP contribution is -2.05. The largest absolute Gasteiger partial charge is 0.495 e. The van der Waals surface area contributed by atoms with Gasteiger partial charge in [0.2, 0.25) is 0 Å². The Morgan fingerprint density at radius 1 is 1.15 bits per heavy atom. The first-order valence-electron chi connectivity index (χ1n) is 8.39. The zero-order valence-corrected chi connectivity index (χ0v) is 15.9. The number of aromatic nitrogens is 3. The molecule has 1 heterocycles. The molecule has 6 heteroatoms. The summed E-state index contributed by atoms with van der Waals surface area (Å²) in [7, 11) is 1.63. The number of carbonyl (C=O) groups excluding carboxylic acids is 1. The van der Waals surface area contributed by atoms with Gasteiger partial charge in [0.15, 0.2) is 10.9 Å². The Bertz CT molecular complexity index is 888. The molecule has 26 heavy (non-hydrogen) atoms. The van der Waals surface area contributed by atoms with Crippen molar-refractivity contribution in [3.63, 3.8) is 0 Å². The van der Waals surface area contributed by atoms with Crippen LogP contribution in [0.1, 0.15) is 35.7 Å². The Kier molecular flexibility index (Phi) is 5.73. The molecule has 0 bridgehead atoms. The van der Waals surface area contributed by atoms with Crippen molar-refractivity contribution < 1.29 is 9.53 Å². The second-order valence-corrected chi connectivity index (χ2v) is 7.09. The maximum absolute atomic E-state index is 12.5. The topological polar surface area (TPSA) is 57.0 Å². The van der Waals surface area contributed by atoms with Crippen LogP contribution >= 0.6 is 11.8 Å². The summed E-state index contributed by atoms with van der Waals surface area (Å²) in [6.45, 7) is 4.27. The number of ether oxygens (including phenoxy) is 1. The van der Waals surface area contributed by atoms with Crippen LogP contribution in [0.3, 0.4) is 0 Å². The molecule has 0 aliphatic heterocycles. The zero-order valence-electron chi connectivity index (χ0n) is 15.0. The minimum atomic E-state index is 0.0693. The summed E-state index contributed by atoms with van der Waals surface area (Å²) in [5.74, 6) is 1.55. The van der Waals surface area contributed by atoms with Gasteiger partial charge in [0.05, 0.1) is 18.6 Å². The Morgan fingerprint density at radius 3 is 2.58 bits per heavy atom. The molecule has 134 valence electrons. The summed E-state index contributed by atoms with van der Waals surface area (Å²) in [5, 5.41) is 8.77. The first kappa shape index (κ1) is 18.2. The molecule has 0 amide bonds. The molecule has 0 atom stereocenters. The summed E-state index contributed by atoms with van der Waals surface area (Å²) < 4.78 is 7.23. The molecule has 0 saturated carbocycles. The molecule has 0 unspecified atom stereocenters. The number of rotatable bonds is 7. The molecule has 0 radical (unpaired) electrons. The van der Waals surface area contributed by atoms with Gasteiger partial charge in [-0.2, -0.15) is 0 Å². The number of benzene rings is 2. The summed E-state index contributed by atoms with van der Waals surface area (Å²) in [6, 6.07) is 15.5. The second kappa shape index (κ2) is 8.19. The maximum atomic E-state index is 12.5. The van der Waals surface area contributed by atoms with Crippen LogP contribution in [0, 0.1) is 0 Å². The minimum Gasteiger partial charge on any atom is -0.495 e. The van der Waals surface area contributed by atoms with Crippen molar-refractivity contribution in [2.24, 2.45) is 0 Å².